The molecule has 3 heteroatoms. The van der Waals surface area contributed by atoms with E-state index in [4.69, 9.17) is 10.5 Å². The lowest BCUT2D eigenvalue weighted by Crippen LogP contribution is -2.41. The van der Waals surface area contributed by atoms with Crippen LogP contribution in [0.4, 0.5) is 0 Å². The number of nitrogens with two attached hydrogens (primary N) is 1. The number of hydrogen-bond acceptors (Lipinski definition) is 3. The molecule has 1 heterocycles. The van der Waals surface area contributed by atoms with E-state index in [1.54, 1.807) is 0 Å². The molecule has 1 rings (SSSR count). The molecule has 0 bridgehead atoms. The van der Waals surface area contributed by atoms with E-state index in [9.17, 15) is 5.11 Å². The fraction of sp³-hybridized carbons (Fsp3) is 1.00. The maximum Gasteiger partial charge on any atom is 0.0997 e. The normalized spacial score (nSPS) is 41.3. The Morgan fingerprint density at radius 2 is 2.22 bits per heavy atom. The van der Waals surface area contributed by atoms with E-state index in [-0.39, 0.29) is 6.04 Å². The van der Waals surface area contributed by atoms with Crippen molar-refractivity contribution in [1.82, 2.24) is 0 Å². The monoisotopic (exact) mass is 131 g/mol. The van der Waals surface area contributed by atoms with Gasteiger partial charge in [0.05, 0.1) is 24.4 Å². The summed E-state index contributed by atoms with van der Waals surface area (Å²) >= 11 is 0. The molecule has 1 aliphatic rings. The highest BCUT2D eigenvalue weighted by Gasteiger charge is 2.39. The smallest absolute Gasteiger partial charge is 0.0997 e. The van der Waals surface area contributed by atoms with Crippen molar-refractivity contribution in [2.45, 2.75) is 31.6 Å². The first-order valence-electron chi connectivity index (χ1n) is 3.11. The Balaban J connectivity index is 2.62. The molecular weight excluding hydrogens is 118 g/mol. The molecule has 0 radical (unpaired) electrons. The van der Waals surface area contributed by atoms with Crippen molar-refractivity contribution in [2.75, 3.05) is 6.61 Å². The van der Waals surface area contributed by atoms with Crippen molar-refractivity contribution >= 4 is 0 Å². The molecule has 0 unspecified atom stereocenters. The highest BCUT2D eigenvalue weighted by atomic mass is 16.5. The van der Waals surface area contributed by atoms with Crippen molar-refractivity contribution in [3.05, 3.63) is 0 Å². The summed E-state index contributed by atoms with van der Waals surface area (Å²) in [5, 5.41) is 9.28. The Bertz CT molecular complexity index is 114. The van der Waals surface area contributed by atoms with Gasteiger partial charge in [0.2, 0.25) is 0 Å². The summed E-state index contributed by atoms with van der Waals surface area (Å²) < 4.78 is 5.19. The van der Waals surface area contributed by atoms with Crippen LogP contribution >= 0.6 is 0 Å². The molecule has 0 amide bonds. The van der Waals surface area contributed by atoms with Gasteiger partial charge < -0.3 is 15.6 Å². The zero-order valence-electron chi connectivity index (χ0n) is 5.79. The standard InChI is InChI=1S/C6H13NO2/c1-6(2)5(8)4(7)3-9-6/h4-5,8H,3,7H2,1-2H3/t4-,5+/m1/s1. The Labute approximate surface area is 54.8 Å². The molecule has 54 valence electrons. The minimum atomic E-state index is -0.516. The Kier molecular flexibility index (Phi) is 1.50. The molecule has 0 aromatic carbocycles. The van der Waals surface area contributed by atoms with Gasteiger partial charge in [0.15, 0.2) is 0 Å². The van der Waals surface area contributed by atoms with Gasteiger partial charge in [-0.25, -0.2) is 0 Å². The molecule has 2 atom stereocenters. The van der Waals surface area contributed by atoms with Crippen LogP contribution in [0.5, 0.6) is 0 Å². The van der Waals surface area contributed by atoms with E-state index < -0.39 is 11.7 Å². The average molecular weight is 131 g/mol. The van der Waals surface area contributed by atoms with Crippen LogP contribution in [0.15, 0.2) is 0 Å². The van der Waals surface area contributed by atoms with Gasteiger partial charge in [-0.05, 0) is 13.8 Å². The van der Waals surface area contributed by atoms with Crippen molar-refractivity contribution in [1.29, 1.82) is 0 Å². The van der Waals surface area contributed by atoms with Crippen LogP contribution in [0.25, 0.3) is 0 Å². The summed E-state index contributed by atoms with van der Waals surface area (Å²) in [6.45, 7) is 4.14. The number of aliphatic hydroxyl groups excluding tert-OH is 1. The van der Waals surface area contributed by atoms with Gasteiger partial charge in [-0.3, -0.25) is 0 Å². The number of aliphatic hydroxyl groups is 1. The third kappa shape index (κ3) is 1.08. The van der Waals surface area contributed by atoms with Crippen molar-refractivity contribution in [2.24, 2.45) is 5.73 Å². The van der Waals surface area contributed by atoms with Crippen LogP contribution in [0, 0.1) is 0 Å². The second kappa shape index (κ2) is 1.94. The molecule has 0 aromatic heterocycles. The lowest BCUT2D eigenvalue weighted by atomic mass is 10.00. The second-order valence-electron chi connectivity index (χ2n) is 3.02. The van der Waals surface area contributed by atoms with Gasteiger partial charge >= 0.3 is 0 Å². The number of rotatable bonds is 0. The molecule has 1 fully saturated rings. The van der Waals surface area contributed by atoms with Gasteiger partial charge in [-0.15, -0.1) is 0 Å². The van der Waals surface area contributed by atoms with Crippen LogP contribution in [0.2, 0.25) is 0 Å². The number of ether oxygens (including phenoxy) is 1. The first-order valence-corrected chi connectivity index (χ1v) is 3.11. The zero-order chi connectivity index (χ0) is 7.07. The summed E-state index contributed by atoms with van der Waals surface area (Å²) in [5.41, 5.74) is 5.03. The maximum absolute atomic E-state index is 9.28. The summed E-state index contributed by atoms with van der Waals surface area (Å²) in [6.07, 6.45) is -0.516. The van der Waals surface area contributed by atoms with Gasteiger partial charge in [-0.1, -0.05) is 0 Å². The molecule has 0 aromatic rings. The Morgan fingerprint density at radius 1 is 1.67 bits per heavy atom. The van der Waals surface area contributed by atoms with Crippen molar-refractivity contribution < 1.29 is 9.84 Å². The van der Waals surface area contributed by atoms with Crippen LogP contribution in [-0.4, -0.2) is 29.5 Å². The molecule has 0 saturated carbocycles. The molecule has 0 spiro atoms. The molecule has 9 heavy (non-hydrogen) atoms. The molecule has 3 N–H and O–H groups in total. The third-order valence-electron chi connectivity index (χ3n) is 1.77. The first kappa shape index (κ1) is 6.99. The quantitative estimate of drug-likeness (QED) is 0.465. The molecule has 3 nitrogen and oxygen atoms in total. The summed E-state index contributed by atoms with van der Waals surface area (Å²) in [7, 11) is 0. The molecular formula is C6H13NO2. The topological polar surface area (TPSA) is 55.5 Å². The highest BCUT2D eigenvalue weighted by molar-refractivity contribution is 4.92. The van der Waals surface area contributed by atoms with Crippen LogP contribution in [0.1, 0.15) is 13.8 Å². The lowest BCUT2D eigenvalue weighted by Gasteiger charge is -2.21. The SMILES string of the molecule is CC1(C)OC[C@@H](N)[C@@H]1O. The van der Waals surface area contributed by atoms with E-state index in [2.05, 4.69) is 0 Å². The van der Waals surface area contributed by atoms with E-state index in [1.807, 2.05) is 13.8 Å². The fourth-order valence-corrected chi connectivity index (χ4v) is 1.00. The molecule has 1 saturated heterocycles. The van der Waals surface area contributed by atoms with Crippen LogP contribution < -0.4 is 5.73 Å². The maximum atomic E-state index is 9.28. The molecule has 0 aliphatic carbocycles. The van der Waals surface area contributed by atoms with E-state index in [1.165, 1.54) is 0 Å². The van der Waals surface area contributed by atoms with Gasteiger partial charge in [0.25, 0.3) is 0 Å². The van der Waals surface area contributed by atoms with Gasteiger partial charge in [0, 0.05) is 0 Å². The van der Waals surface area contributed by atoms with Gasteiger partial charge in [-0.2, -0.15) is 0 Å². The summed E-state index contributed by atoms with van der Waals surface area (Å²) in [5.74, 6) is 0. The minimum absolute atomic E-state index is 0.208. The second-order valence-corrected chi connectivity index (χ2v) is 3.02. The van der Waals surface area contributed by atoms with Crippen LogP contribution in [0.3, 0.4) is 0 Å². The third-order valence-corrected chi connectivity index (χ3v) is 1.77. The van der Waals surface area contributed by atoms with Crippen molar-refractivity contribution in [3.8, 4) is 0 Å². The fourth-order valence-electron chi connectivity index (χ4n) is 1.00. The minimum Gasteiger partial charge on any atom is -0.388 e. The average Bonchev–Trinajstić information content (AvgIpc) is 1.97. The predicted octanol–water partition coefficient (Wildman–Crippen LogP) is -0.517. The first-order chi connectivity index (χ1) is 4.04. The van der Waals surface area contributed by atoms with Crippen LogP contribution in [-0.2, 0) is 4.74 Å². The zero-order valence-corrected chi connectivity index (χ0v) is 5.79. The summed E-state index contributed by atoms with van der Waals surface area (Å²) in [4.78, 5) is 0. The van der Waals surface area contributed by atoms with Crippen molar-refractivity contribution in [3.63, 3.8) is 0 Å². The number of hydrogen-bond donors (Lipinski definition) is 2. The van der Waals surface area contributed by atoms with E-state index >= 15 is 0 Å². The predicted molar refractivity (Wildman–Crippen MR) is 34.0 cm³/mol. The largest absolute Gasteiger partial charge is 0.388 e. The summed E-state index contributed by atoms with van der Waals surface area (Å²) in [6, 6.07) is -0.208. The van der Waals surface area contributed by atoms with E-state index in [0.29, 0.717) is 6.61 Å². The van der Waals surface area contributed by atoms with E-state index in [0.717, 1.165) is 0 Å². The molecule has 1 aliphatic heterocycles. The Morgan fingerprint density at radius 3 is 2.33 bits per heavy atom. The lowest BCUT2D eigenvalue weighted by molar-refractivity contribution is -0.0294. The Hall–Kier alpha value is -0.120. The highest BCUT2D eigenvalue weighted by Crippen LogP contribution is 2.23. The van der Waals surface area contributed by atoms with Gasteiger partial charge in [0.1, 0.15) is 0 Å².